The monoisotopic (exact) mass is 267 g/mol. The van der Waals surface area contributed by atoms with E-state index in [2.05, 4.69) is 5.32 Å². The summed E-state index contributed by atoms with van der Waals surface area (Å²) in [5, 5.41) is 2.82. The second kappa shape index (κ2) is 7.63. The van der Waals surface area contributed by atoms with E-state index in [1.807, 2.05) is 6.92 Å². The molecule has 0 saturated carbocycles. The minimum Gasteiger partial charge on any atom is -0.496 e. The van der Waals surface area contributed by atoms with Crippen LogP contribution in [0.15, 0.2) is 12.1 Å². The SMILES string of the molecule is COCCCNC(=O)c1cc(OC)c(C)cc1OC. The third-order valence-corrected chi connectivity index (χ3v) is 2.77. The first-order valence-corrected chi connectivity index (χ1v) is 6.13. The maximum absolute atomic E-state index is 12.1. The predicted molar refractivity (Wildman–Crippen MR) is 73.1 cm³/mol. The molecule has 5 heteroatoms. The zero-order valence-electron chi connectivity index (χ0n) is 11.9. The smallest absolute Gasteiger partial charge is 0.255 e. The molecule has 0 bridgehead atoms. The van der Waals surface area contributed by atoms with Crippen LogP contribution in [0.5, 0.6) is 11.5 Å². The second-order valence-corrected chi connectivity index (χ2v) is 4.12. The van der Waals surface area contributed by atoms with Crippen LogP contribution in [0.4, 0.5) is 0 Å². The van der Waals surface area contributed by atoms with Gasteiger partial charge in [0.1, 0.15) is 11.5 Å². The predicted octanol–water partition coefficient (Wildman–Crippen LogP) is 1.78. The van der Waals surface area contributed by atoms with Gasteiger partial charge >= 0.3 is 0 Å². The van der Waals surface area contributed by atoms with E-state index in [0.29, 0.717) is 30.2 Å². The van der Waals surface area contributed by atoms with Gasteiger partial charge in [0.15, 0.2) is 0 Å². The number of hydrogen-bond acceptors (Lipinski definition) is 4. The lowest BCUT2D eigenvalue weighted by Crippen LogP contribution is -2.25. The Morgan fingerprint density at radius 3 is 2.42 bits per heavy atom. The number of rotatable bonds is 7. The van der Waals surface area contributed by atoms with Gasteiger partial charge in [0.2, 0.25) is 0 Å². The molecule has 19 heavy (non-hydrogen) atoms. The number of aryl methyl sites for hydroxylation is 1. The van der Waals surface area contributed by atoms with E-state index in [1.54, 1.807) is 33.5 Å². The van der Waals surface area contributed by atoms with E-state index in [0.717, 1.165) is 12.0 Å². The Morgan fingerprint density at radius 1 is 1.16 bits per heavy atom. The fourth-order valence-corrected chi connectivity index (χ4v) is 1.74. The number of ether oxygens (including phenoxy) is 3. The number of benzene rings is 1. The summed E-state index contributed by atoms with van der Waals surface area (Å²) in [6, 6.07) is 3.49. The Kier molecular flexibility index (Phi) is 6.15. The maximum Gasteiger partial charge on any atom is 0.255 e. The highest BCUT2D eigenvalue weighted by Crippen LogP contribution is 2.28. The van der Waals surface area contributed by atoms with Gasteiger partial charge in [0, 0.05) is 20.3 Å². The molecule has 1 N–H and O–H groups in total. The minimum atomic E-state index is -0.175. The van der Waals surface area contributed by atoms with E-state index < -0.39 is 0 Å². The Hall–Kier alpha value is -1.75. The van der Waals surface area contributed by atoms with Crippen LogP contribution < -0.4 is 14.8 Å². The van der Waals surface area contributed by atoms with Crippen molar-refractivity contribution < 1.29 is 19.0 Å². The summed E-state index contributed by atoms with van der Waals surface area (Å²) in [5.74, 6) is 1.04. The Balaban J connectivity index is 2.82. The van der Waals surface area contributed by atoms with Crippen molar-refractivity contribution in [2.24, 2.45) is 0 Å². The molecule has 0 spiro atoms. The summed E-state index contributed by atoms with van der Waals surface area (Å²) in [5.41, 5.74) is 1.40. The van der Waals surface area contributed by atoms with Crippen molar-refractivity contribution in [3.05, 3.63) is 23.3 Å². The van der Waals surface area contributed by atoms with E-state index in [9.17, 15) is 4.79 Å². The van der Waals surface area contributed by atoms with Crippen LogP contribution in [0.2, 0.25) is 0 Å². The van der Waals surface area contributed by atoms with E-state index >= 15 is 0 Å². The highest BCUT2D eigenvalue weighted by atomic mass is 16.5. The van der Waals surface area contributed by atoms with Gasteiger partial charge in [0.25, 0.3) is 5.91 Å². The number of carbonyl (C=O) groups is 1. The van der Waals surface area contributed by atoms with E-state index in [1.165, 1.54) is 0 Å². The van der Waals surface area contributed by atoms with Gasteiger partial charge in [-0.1, -0.05) is 0 Å². The molecule has 1 aromatic rings. The molecule has 0 aliphatic rings. The summed E-state index contributed by atoms with van der Waals surface area (Å²) < 4.78 is 15.4. The summed E-state index contributed by atoms with van der Waals surface area (Å²) >= 11 is 0. The molecule has 5 nitrogen and oxygen atoms in total. The fraction of sp³-hybridized carbons (Fsp3) is 0.500. The molecule has 0 radical (unpaired) electrons. The molecule has 0 aliphatic carbocycles. The van der Waals surface area contributed by atoms with E-state index in [4.69, 9.17) is 14.2 Å². The molecule has 0 fully saturated rings. The lowest BCUT2D eigenvalue weighted by molar-refractivity contribution is 0.0945. The lowest BCUT2D eigenvalue weighted by Gasteiger charge is -2.13. The van der Waals surface area contributed by atoms with Gasteiger partial charge < -0.3 is 19.5 Å². The van der Waals surface area contributed by atoms with Gasteiger partial charge in [0.05, 0.1) is 19.8 Å². The molecule has 106 valence electrons. The van der Waals surface area contributed by atoms with E-state index in [-0.39, 0.29) is 5.91 Å². The van der Waals surface area contributed by atoms with Crippen LogP contribution in [-0.2, 0) is 4.74 Å². The summed E-state index contributed by atoms with van der Waals surface area (Å²) in [7, 11) is 4.76. The molecule has 0 saturated heterocycles. The van der Waals surface area contributed by atoms with Crippen LogP contribution >= 0.6 is 0 Å². The quantitative estimate of drug-likeness (QED) is 0.765. The number of hydrogen-bond donors (Lipinski definition) is 1. The van der Waals surface area contributed by atoms with Crippen LogP contribution in [0.1, 0.15) is 22.3 Å². The van der Waals surface area contributed by atoms with Gasteiger partial charge in [-0.15, -0.1) is 0 Å². The number of methoxy groups -OCH3 is 3. The molecule has 0 aromatic heterocycles. The van der Waals surface area contributed by atoms with Crippen LogP contribution in [0, 0.1) is 6.92 Å². The third kappa shape index (κ3) is 4.13. The van der Waals surface area contributed by atoms with Crippen LogP contribution in [0.3, 0.4) is 0 Å². The molecular weight excluding hydrogens is 246 g/mol. The van der Waals surface area contributed by atoms with Crippen LogP contribution in [-0.4, -0.2) is 40.4 Å². The zero-order chi connectivity index (χ0) is 14.3. The summed E-state index contributed by atoms with van der Waals surface area (Å²) in [6.45, 7) is 3.09. The number of nitrogens with one attached hydrogen (secondary N) is 1. The average molecular weight is 267 g/mol. The standard InChI is InChI=1S/C14H21NO4/c1-10-8-13(19-4)11(9-12(10)18-3)14(16)15-6-5-7-17-2/h8-9H,5-7H2,1-4H3,(H,15,16). The summed E-state index contributed by atoms with van der Waals surface area (Å²) in [4.78, 5) is 12.1. The normalized spacial score (nSPS) is 10.1. The highest BCUT2D eigenvalue weighted by Gasteiger charge is 2.15. The van der Waals surface area contributed by atoms with Crippen molar-refractivity contribution >= 4 is 5.91 Å². The molecule has 0 heterocycles. The molecule has 0 atom stereocenters. The fourth-order valence-electron chi connectivity index (χ4n) is 1.74. The van der Waals surface area contributed by atoms with Crippen molar-refractivity contribution in [2.45, 2.75) is 13.3 Å². The maximum atomic E-state index is 12.1. The Labute approximate surface area is 113 Å². The highest BCUT2D eigenvalue weighted by molar-refractivity contribution is 5.97. The first-order valence-electron chi connectivity index (χ1n) is 6.13. The van der Waals surface area contributed by atoms with Crippen molar-refractivity contribution in [3.63, 3.8) is 0 Å². The van der Waals surface area contributed by atoms with Crippen molar-refractivity contribution in [1.82, 2.24) is 5.32 Å². The molecule has 1 amide bonds. The second-order valence-electron chi connectivity index (χ2n) is 4.12. The number of carbonyl (C=O) groups excluding carboxylic acids is 1. The van der Waals surface area contributed by atoms with Gasteiger partial charge in [-0.2, -0.15) is 0 Å². The average Bonchev–Trinajstić information content (AvgIpc) is 2.42. The Bertz CT molecular complexity index is 432. The molecule has 0 unspecified atom stereocenters. The minimum absolute atomic E-state index is 0.175. The van der Waals surface area contributed by atoms with Crippen molar-refractivity contribution in [3.8, 4) is 11.5 Å². The first-order chi connectivity index (χ1) is 9.13. The van der Waals surface area contributed by atoms with Gasteiger partial charge in [-0.3, -0.25) is 4.79 Å². The van der Waals surface area contributed by atoms with Gasteiger partial charge in [-0.05, 0) is 31.0 Å². The van der Waals surface area contributed by atoms with Crippen LogP contribution in [0.25, 0.3) is 0 Å². The topological polar surface area (TPSA) is 56.8 Å². The summed E-state index contributed by atoms with van der Waals surface area (Å²) in [6.07, 6.45) is 0.771. The molecule has 0 aliphatic heterocycles. The lowest BCUT2D eigenvalue weighted by atomic mass is 10.1. The third-order valence-electron chi connectivity index (χ3n) is 2.77. The largest absolute Gasteiger partial charge is 0.496 e. The molecule has 1 aromatic carbocycles. The molecular formula is C14H21NO4. The zero-order valence-corrected chi connectivity index (χ0v) is 11.9. The molecule has 1 rings (SSSR count). The van der Waals surface area contributed by atoms with Crippen molar-refractivity contribution in [2.75, 3.05) is 34.5 Å². The number of amides is 1. The van der Waals surface area contributed by atoms with Crippen molar-refractivity contribution in [1.29, 1.82) is 0 Å². The Morgan fingerprint density at radius 2 is 1.84 bits per heavy atom. The first kappa shape index (κ1) is 15.3. The van der Waals surface area contributed by atoms with Gasteiger partial charge in [-0.25, -0.2) is 0 Å².